The standard InChI is InChI=1S/C25H39N3O9/c1-25(2,3)37-24(32)35-20-16-28(23(30)31)19(15-17-7-9-18(33-6)10-8-17)21(20)36-22(29)26-11-13-34-14-12-27(4)5/h7-10,19-21H,11-16H2,1-6H3,(H,26,29)(H,30,31)/t19-,20+,21+/m1/s1. The number of amides is 2. The number of likely N-dealkylation sites (tertiary alicyclic amines) is 1. The first-order valence-corrected chi connectivity index (χ1v) is 12.1. The van der Waals surface area contributed by atoms with Gasteiger partial charge in [-0.05, 0) is 59.0 Å². The molecule has 1 aliphatic heterocycles. The van der Waals surface area contributed by atoms with Crippen LogP contribution in [0.25, 0.3) is 0 Å². The highest BCUT2D eigenvalue weighted by Gasteiger charge is 2.49. The molecule has 0 radical (unpaired) electrons. The second-order valence-corrected chi connectivity index (χ2v) is 9.89. The lowest BCUT2D eigenvalue weighted by Gasteiger charge is -2.27. The molecule has 0 bridgehead atoms. The number of rotatable bonds is 11. The highest BCUT2D eigenvalue weighted by Crippen LogP contribution is 2.28. The van der Waals surface area contributed by atoms with Crippen LogP contribution in [-0.4, -0.2) is 111 Å². The summed E-state index contributed by atoms with van der Waals surface area (Å²) in [5.41, 5.74) is -0.0244. The minimum atomic E-state index is -1.22. The van der Waals surface area contributed by atoms with Gasteiger partial charge in [-0.3, -0.25) is 4.90 Å². The van der Waals surface area contributed by atoms with Crippen LogP contribution in [0.3, 0.4) is 0 Å². The highest BCUT2D eigenvalue weighted by molar-refractivity contribution is 5.69. The summed E-state index contributed by atoms with van der Waals surface area (Å²) in [5.74, 6) is 0.649. The summed E-state index contributed by atoms with van der Waals surface area (Å²) in [6, 6.07) is 6.29. The summed E-state index contributed by atoms with van der Waals surface area (Å²) >= 11 is 0. The Morgan fingerprint density at radius 1 is 1.11 bits per heavy atom. The summed E-state index contributed by atoms with van der Waals surface area (Å²) < 4.78 is 26.9. The van der Waals surface area contributed by atoms with Gasteiger partial charge in [-0.15, -0.1) is 0 Å². The average molecular weight is 526 g/mol. The maximum Gasteiger partial charge on any atom is 0.509 e. The van der Waals surface area contributed by atoms with Crippen molar-refractivity contribution in [3.05, 3.63) is 29.8 Å². The quantitative estimate of drug-likeness (QED) is 0.328. The average Bonchev–Trinajstić information content (AvgIpc) is 3.11. The lowest BCUT2D eigenvalue weighted by molar-refractivity contribution is -0.0519. The molecule has 0 unspecified atom stereocenters. The van der Waals surface area contributed by atoms with Gasteiger partial charge in [0.25, 0.3) is 0 Å². The Hall–Kier alpha value is -3.25. The van der Waals surface area contributed by atoms with Crippen LogP contribution in [0.15, 0.2) is 24.3 Å². The maximum atomic E-state index is 12.6. The number of nitrogens with one attached hydrogen (secondary N) is 1. The van der Waals surface area contributed by atoms with E-state index in [1.165, 1.54) is 0 Å². The number of nitrogens with zero attached hydrogens (tertiary/aromatic N) is 2. The van der Waals surface area contributed by atoms with Crippen LogP contribution >= 0.6 is 0 Å². The molecule has 37 heavy (non-hydrogen) atoms. The lowest BCUT2D eigenvalue weighted by Crippen LogP contribution is -2.45. The van der Waals surface area contributed by atoms with Crippen molar-refractivity contribution in [2.24, 2.45) is 0 Å². The Bertz CT molecular complexity index is 886. The maximum absolute atomic E-state index is 12.6. The molecule has 1 fully saturated rings. The minimum absolute atomic E-state index is 0.180. The van der Waals surface area contributed by atoms with Crippen molar-refractivity contribution in [2.45, 2.75) is 51.0 Å². The number of alkyl carbamates (subject to hydrolysis) is 1. The molecule has 0 aliphatic carbocycles. The van der Waals surface area contributed by atoms with Crippen LogP contribution in [0.5, 0.6) is 5.75 Å². The van der Waals surface area contributed by atoms with Crippen molar-refractivity contribution in [2.75, 3.05) is 54.1 Å². The molecule has 0 aromatic heterocycles. The first-order chi connectivity index (χ1) is 17.4. The summed E-state index contributed by atoms with van der Waals surface area (Å²) in [7, 11) is 5.41. The molecule has 12 nitrogen and oxygen atoms in total. The SMILES string of the molecule is COc1ccc(C[C@@H]2[C@H](OC(=O)NCCOCCN(C)C)[C@@H](OC(=O)OC(C)(C)C)CN2C(=O)O)cc1. The number of likely N-dealkylation sites (N-methyl/N-ethyl adjacent to an activating group) is 1. The third-order valence-corrected chi connectivity index (χ3v) is 5.45. The Labute approximate surface area is 217 Å². The Morgan fingerprint density at radius 3 is 2.35 bits per heavy atom. The molecule has 3 atom stereocenters. The van der Waals surface area contributed by atoms with E-state index >= 15 is 0 Å². The zero-order valence-electron chi connectivity index (χ0n) is 22.4. The summed E-state index contributed by atoms with van der Waals surface area (Å²) in [4.78, 5) is 40.1. The number of hydrogen-bond acceptors (Lipinski definition) is 9. The van der Waals surface area contributed by atoms with E-state index in [1.54, 1.807) is 52.1 Å². The van der Waals surface area contributed by atoms with Gasteiger partial charge in [0, 0.05) is 13.1 Å². The summed E-state index contributed by atoms with van der Waals surface area (Å²) in [6.45, 7) is 6.60. The summed E-state index contributed by atoms with van der Waals surface area (Å²) in [5, 5.41) is 12.5. The monoisotopic (exact) mass is 525 g/mol. The molecule has 208 valence electrons. The zero-order valence-corrected chi connectivity index (χ0v) is 22.4. The van der Waals surface area contributed by atoms with Gasteiger partial charge < -0.3 is 39.0 Å². The molecular weight excluding hydrogens is 486 g/mol. The van der Waals surface area contributed by atoms with Crippen LogP contribution < -0.4 is 10.1 Å². The second kappa shape index (κ2) is 13.9. The van der Waals surface area contributed by atoms with Gasteiger partial charge in [-0.25, -0.2) is 14.4 Å². The number of ether oxygens (including phenoxy) is 5. The largest absolute Gasteiger partial charge is 0.509 e. The fourth-order valence-corrected chi connectivity index (χ4v) is 3.70. The van der Waals surface area contributed by atoms with Gasteiger partial charge in [0.05, 0.1) is 32.9 Å². The van der Waals surface area contributed by atoms with Gasteiger partial charge in [0.15, 0.2) is 12.2 Å². The van der Waals surface area contributed by atoms with Crippen molar-refractivity contribution >= 4 is 18.3 Å². The fourth-order valence-electron chi connectivity index (χ4n) is 3.70. The van der Waals surface area contributed by atoms with E-state index in [4.69, 9.17) is 23.7 Å². The first kappa shape index (κ1) is 30.0. The molecule has 1 heterocycles. The number of carboxylic acid groups (broad SMARTS) is 1. The molecule has 0 saturated carbocycles. The number of carbonyl (C=O) groups excluding carboxylic acids is 2. The number of benzene rings is 1. The molecule has 1 aromatic rings. The molecule has 2 N–H and O–H groups in total. The first-order valence-electron chi connectivity index (χ1n) is 12.1. The van der Waals surface area contributed by atoms with Gasteiger partial charge in [-0.1, -0.05) is 12.1 Å². The predicted octanol–water partition coefficient (Wildman–Crippen LogP) is 2.59. The van der Waals surface area contributed by atoms with Crippen LogP contribution in [-0.2, 0) is 25.4 Å². The normalized spacial score (nSPS) is 19.4. The van der Waals surface area contributed by atoms with E-state index in [2.05, 4.69) is 5.32 Å². The van der Waals surface area contributed by atoms with Gasteiger partial charge >= 0.3 is 18.3 Å². The molecule has 1 saturated heterocycles. The molecule has 2 rings (SSSR count). The van der Waals surface area contributed by atoms with Crippen molar-refractivity contribution in [1.29, 1.82) is 0 Å². The van der Waals surface area contributed by atoms with Crippen molar-refractivity contribution in [3.63, 3.8) is 0 Å². The molecule has 1 aliphatic rings. The van der Waals surface area contributed by atoms with Gasteiger partial charge in [0.1, 0.15) is 11.4 Å². The smallest absolute Gasteiger partial charge is 0.497 e. The molecule has 2 amide bonds. The van der Waals surface area contributed by atoms with Crippen molar-refractivity contribution < 1.29 is 43.2 Å². The third kappa shape index (κ3) is 10.3. The third-order valence-electron chi connectivity index (χ3n) is 5.45. The lowest BCUT2D eigenvalue weighted by atomic mass is 10.0. The number of methoxy groups -OCH3 is 1. The number of carbonyl (C=O) groups is 3. The van der Waals surface area contributed by atoms with Crippen LogP contribution in [0, 0.1) is 0 Å². The van der Waals surface area contributed by atoms with Gasteiger partial charge in [0.2, 0.25) is 0 Å². The number of hydrogen-bond donors (Lipinski definition) is 2. The Morgan fingerprint density at radius 2 is 1.78 bits per heavy atom. The fraction of sp³-hybridized carbons (Fsp3) is 0.640. The Balaban J connectivity index is 2.14. The van der Waals surface area contributed by atoms with E-state index in [-0.39, 0.29) is 26.1 Å². The minimum Gasteiger partial charge on any atom is -0.497 e. The van der Waals surface area contributed by atoms with Gasteiger partial charge in [-0.2, -0.15) is 0 Å². The molecule has 1 aromatic carbocycles. The summed E-state index contributed by atoms with van der Waals surface area (Å²) in [6.07, 6.45) is -4.88. The molecule has 12 heteroatoms. The van der Waals surface area contributed by atoms with Crippen LogP contribution in [0.2, 0.25) is 0 Å². The van der Waals surface area contributed by atoms with Crippen molar-refractivity contribution in [1.82, 2.24) is 15.1 Å². The topological polar surface area (TPSA) is 136 Å². The Kier molecular flexibility index (Phi) is 11.3. The van der Waals surface area contributed by atoms with E-state index in [1.807, 2.05) is 19.0 Å². The highest BCUT2D eigenvalue weighted by atomic mass is 16.7. The molecular formula is C25H39N3O9. The molecule has 0 spiro atoms. The zero-order chi connectivity index (χ0) is 27.6. The second-order valence-electron chi connectivity index (χ2n) is 9.89. The van der Waals surface area contributed by atoms with E-state index in [9.17, 15) is 19.5 Å². The van der Waals surface area contributed by atoms with E-state index in [0.717, 1.165) is 17.0 Å². The van der Waals surface area contributed by atoms with E-state index < -0.39 is 42.2 Å². The predicted molar refractivity (Wildman–Crippen MR) is 134 cm³/mol. The van der Waals surface area contributed by atoms with Crippen LogP contribution in [0.4, 0.5) is 14.4 Å². The van der Waals surface area contributed by atoms with Crippen LogP contribution in [0.1, 0.15) is 26.3 Å². The van der Waals surface area contributed by atoms with Crippen molar-refractivity contribution in [3.8, 4) is 5.75 Å². The van der Waals surface area contributed by atoms with E-state index in [0.29, 0.717) is 12.4 Å².